The molecule has 0 radical (unpaired) electrons. The van der Waals surface area contributed by atoms with Crippen LogP contribution in [0.4, 0.5) is 0 Å². The summed E-state index contributed by atoms with van der Waals surface area (Å²) in [6, 6.07) is 23.4. The molecule has 1 heterocycles. The number of nitrogens with zero attached hydrogens (tertiary/aromatic N) is 1. The molecule has 5 heteroatoms. The van der Waals surface area contributed by atoms with E-state index in [0.717, 1.165) is 24.0 Å². The molecule has 2 aliphatic rings. The Morgan fingerprint density at radius 3 is 2.53 bits per heavy atom. The standard InChI is InChI=1S/C29H27ClN2O2/c1-18-14-23(33)10-11-24(18)25-12-13-29(15-19-2-4-20(16-31)5-3-19)26(17-32-28(29)34)27(25)21-6-8-22(30)9-7-21/h2-11,14,25-27,33H,12-13,15,17H2,1H3,(H,32,34)/t25-,26-,27-,29-/m0/s1. The van der Waals surface area contributed by atoms with Crippen molar-refractivity contribution in [1.82, 2.24) is 5.32 Å². The van der Waals surface area contributed by atoms with Gasteiger partial charge in [0.2, 0.25) is 5.91 Å². The molecule has 1 aliphatic heterocycles. The molecule has 4 nitrogen and oxygen atoms in total. The number of aromatic hydroxyl groups is 1. The van der Waals surface area contributed by atoms with Gasteiger partial charge in [0.1, 0.15) is 5.75 Å². The van der Waals surface area contributed by atoms with Gasteiger partial charge in [0.05, 0.1) is 17.0 Å². The van der Waals surface area contributed by atoms with Gasteiger partial charge in [0, 0.05) is 11.6 Å². The number of carbonyl (C=O) groups excluding carboxylic acids is 1. The Bertz CT molecular complexity index is 1260. The molecule has 1 saturated carbocycles. The van der Waals surface area contributed by atoms with Crippen LogP contribution in [0.2, 0.25) is 5.02 Å². The number of hydrogen-bond acceptors (Lipinski definition) is 3. The maximum atomic E-state index is 13.4. The first kappa shape index (κ1) is 22.5. The number of benzene rings is 3. The minimum atomic E-state index is -0.500. The summed E-state index contributed by atoms with van der Waals surface area (Å²) in [4.78, 5) is 13.4. The van der Waals surface area contributed by atoms with Crippen LogP contribution in [0, 0.1) is 29.6 Å². The fourth-order valence-electron chi connectivity index (χ4n) is 6.32. The van der Waals surface area contributed by atoms with Crippen LogP contribution in [0.5, 0.6) is 5.75 Å². The van der Waals surface area contributed by atoms with E-state index in [-0.39, 0.29) is 29.4 Å². The van der Waals surface area contributed by atoms with Crippen molar-refractivity contribution in [2.24, 2.45) is 11.3 Å². The molecule has 34 heavy (non-hydrogen) atoms. The van der Waals surface area contributed by atoms with E-state index in [1.165, 1.54) is 11.1 Å². The Balaban J connectivity index is 1.59. The van der Waals surface area contributed by atoms with Gasteiger partial charge in [-0.1, -0.05) is 41.9 Å². The molecule has 3 aromatic carbocycles. The number of phenols is 1. The van der Waals surface area contributed by atoms with Crippen LogP contribution >= 0.6 is 11.6 Å². The lowest BCUT2D eigenvalue weighted by molar-refractivity contribution is -0.131. The predicted octanol–water partition coefficient (Wildman–Crippen LogP) is 5.86. The van der Waals surface area contributed by atoms with Crippen molar-refractivity contribution in [3.63, 3.8) is 0 Å². The molecule has 0 spiro atoms. The van der Waals surface area contributed by atoms with E-state index in [1.54, 1.807) is 6.07 Å². The number of nitriles is 1. The molecule has 3 aromatic rings. The molecule has 5 rings (SSSR count). The zero-order valence-corrected chi connectivity index (χ0v) is 19.8. The largest absolute Gasteiger partial charge is 0.508 e. The second kappa shape index (κ2) is 8.81. The van der Waals surface area contributed by atoms with Crippen molar-refractivity contribution in [2.75, 3.05) is 6.54 Å². The topological polar surface area (TPSA) is 73.1 Å². The van der Waals surface area contributed by atoms with Gasteiger partial charge >= 0.3 is 0 Å². The van der Waals surface area contributed by atoms with Gasteiger partial charge in [-0.3, -0.25) is 4.79 Å². The maximum Gasteiger partial charge on any atom is 0.226 e. The van der Waals surface area contributed by atoms with Gasteiger partial charge in [-0.2, -0.15) is 5.26 Å². The van der Waals surface area contributed by atoms with E-state index in [0.29, 0.717) is 23.6 Å². The highest BCUT2D eigenvalue weighted by atomic mass is 35.5. The van der Waals surface area contributed by atoms with E-state index >= 15 is 0 Å². The highest BCUT2D eigenvalue weighted by molar-refractivity contribution is 6.30. The number of rotatable bonds is 4. The van der Waals surface area contributed by atoms with Gasteiger partial charge < -0.3 is 10.4 Å². The first-order valence-electron chi connectivity index (χ1n) is 11.7. The zero-order chi connectivity index (χ0) is 23.9. The highest BCUT2D eigenvalue weighted by Crippen LogP contribution is 2.58. The summed E-state index contributed by atoms with van der Waals surface area (Å²) >= 11 is 6.22. The van der Waals surface area contributed by atoms with E-state index in [1.807, 2.05) is 55.5 Å². The van der Waals surface area contributed by atoms with Crippen molar-refractivity contribution >= 4 is 17.5 Å². The van der Waals surface area contributed by atoms with E-state index in [4.69, 9.17) is 16.9 Å². The molecule has 1 amide bonds. The van der Waals surface area contributed by atoms with Crippen molar-refractivity contribution in [1.29, 1.82) is 5.26 Å². The van der Waals surface area contributed by atoms with Crippen LogP contribution in [0.1, 0.15) is 52.5 Å². The number of carbonyl (C=O) groups is 1. The fraction of sp³-hybridized carbons (Fsp3) is 0.310. The number of aryl methyl sites for hydroxylation is 1. The highest BCUT2D eigenvalue weighted by Gasteiger charge is 2.57. The SMILES string of the molecule is Cc1cc(O)ccc1[C@@H]1CC[C@@]2(Cc3ccc(C#N)cc3)C(=O)NC[C@H]2[C@H]1c1ccc(Cl)cc1. The summed E-state index contributed by atoms with van der Waals surface area (Å²) in [5.41, 5.74) is 4.69. The summed E-state index contributed by atoms with van der Waals surface area (Å²) in [7, 11) is 0. The summed E-state index contributed by atoms with van der Waals surface area (Å²) in [6.07, 6.45) is 2.32. The lowest BCUT2D eigenvalue weighted by atomic mass is 9.54. The van der Waals surface area contributed by atoms with E-state index in [9.17, 15) is 9.90 Å². The smallest absolute Gasteiger partial charge is 0.226 e. The first-order chi connectivity index (χ1) is 16.4. The molecular formula is C29H27ClN2O2. The van der Waals surface area contributed by atoms with Crippen LogP contribution in [0.25, 0.3) is 0 Å². The molecule has 0 bridgehead atoms. The maximum absolute atomic E-state index is 13.4. The van der Waals surface area contributed by atoms with Crippen LogP contribution in [0.15, 0.2) is 66.7 Å². The normalized spacial score (nSPS) is 25.9. The number of nitrogens with one attached hydrogen (secondary N) is 1. The van der Waals surface area contributed by atoms with Crippen molar-refractivity contribution in [3.8, 4) is 11.8 Å². The number of phenolic OH excluding ortho intramolecular Hbond substituents is 1. The van der Waals surface area contributed by atoms with Gasteiger partial charge in [-0.05, 0) is 103 Å². The van der Waals surface area contributed by atoms with E-state index < -0.39 is 5.41 Å². The molecule has 4 atom stereocenters. The Kier molecular flexibility index (Phi) is 5.83. The van der Waals surface area contributed by atoms with Crippen molar-refractivity contribution in [3.05, 3.63) is 99.6 Å². The second-order valence-electron chi connectivity index (χ2n) is 9.72. The minimum absolute atomic E-state index is 0.115. The molecule has 2 N–H and O–H groups in total. The monoisotopic (exact) mass is 470 g/mol. The fourth-order valence-corrected chi connectivity index (χ4v) is 6.45. The van der Waals surface area contributed by atoms with Gasteiger partial charge in [0.15, 0.2) is 0 Å². The second-order valence-corrected chi connectivity index (χ2v) is 10.2. The third-order valence-corrected chi connectivity index (χ3v) is 8.18. The average molecular weight is 471 g/mol. The van der Waals surface area contributed by atoms with Gasteiger partial charge in [0.25, 0.3) is 0 Å². The molecule has 1 saturated heterocycles. The summed E-state index contributed by atoms with van der Waals surface area (Å²) in [6.45, 7) is 2.68. The predicted molar refractivity (Wildman–Crippen MR) is 133 cm³/mol. The lowest BCUT2D eigenvalue weighted by Crippen LogP contribution is -2.44. The lowest BCUT2D eigenvalue weighted by Gasteiger charge is -2.47. The number of fused-ring (bicyclic) bond motifs is 1. The van der Waals surface area contributed by atoms with Crippen molar-refractivity contribution in [2.45, 2.75) is 38.0 Å². The Hall–Kier alpha value is -3.29. The van der Waals surface area contributed by atoms with Gasteiger partial charge in [-0.25, -0.2) is 0 Å². The summed E-state index contributed by atoms with van der Waals surface area (Å²) in [5, 5.41) is 23.0. The van der Waals surface area contributed by atoms with Gasteiger partial charge in [-0.15, -0.1) is 0 Å². The third-order valence-electron chi connectivity index (χ3n) is 7.92. The average Bonchev–Trinajstić information content (AvgIpc) is 3.16. The number of hydrogen-bond donors (Lipinski definition) is 2. The summed E-state index contributed by atoms with van der Waals surface area (Å²) < 4.78 is 0. The zero-order valence-electron chi connectivity index (χ0n) is 19.1. The summed E-state index contributed by atoms with van der Waals surface area (Å²) in [5.74, 6) is 0.874. The number of halogens is 1. The Morgan fingerprint density at radius 1 is 1.12 bits per heavy atom. The molecule has 1 aliphatic carbocycles. The molecule has 172 valence electrons. The molecule has 0 unspecified atom stereocenters. The molecule has 0 aromatic heterocycles. The van der Waals surface area contributed by atoms with Crippen LogP contribution < -0.4 is 5.32 Å². The Labute approximate surface area is 205 Å². The minimum Gasteiger partial charge on any atom is -0.508 e. The molecule has 2 fully saturated rings. The van der Waals surface area contributed by atoms with Crippen LogP contribution in [0.3, 0.4) is 0 Å². The first-order valence-corrected chi connectivity index (χ1v) is 12.1. The third kappa shape index (κ3) is 3.85. The quantitative estimate of drug-likeness (QED) is 0.501. The van der Waals surface area contributed by atoms with E-state index in [2.05, 4.69) is 23.5 Å². The van der Waals surface area contributed by atoms with Crippen molar-refractivity contribution < 1.29 is 9.90 Å². The van der Waals surface area contributed by atoms with Crippen LogP contribution in [-0.2, 0) is 11.2 Å². The number of amides is 1. The molecular weight excluding hydrogens is 444 g/mol. The Morgan fingerprint density at radius 2 is 1.85 bits per heavy atom. The van der Waals surface area contributed by atoms with Crippen LogP contribution in [-0.4, -0.2) is 17.6 Å².